The van der Waals surface area contributed by atoms with E-state index in [-0.39, 0.29) is 272 Å². The Balaban J connectivity index is -0.0000000325. The summed E-state index contributed by atoms with van der Waals surface area (Å²) in [6, 6.07) is 10.2. The topological polar surface area (TPSA) is 69.1 Å². The molecule has 3 aromatic rings. The van der Waals surface area contributed by atoms with Gasteiger partial charge in [0.15, 0.2) is 5.82 Å². The van der Waals surface area contributed by atoms with Crippen molar-refractivity contribution in [2.75, 3.05) is 13.1 Å². The number of piperidine rings is 1. The van der Waals surface area contributed by atoms with Crippen LogP contribution in [0.4, 0.5) is 0 Å². The molecule has 6 nitrogen and oxygen atoms in total. The number of likely N-dealkylation sites (tertiary alicyclic amines) is 1. The molecule has 1 aliphatic heterocycles. The number of imidazole rings is 1. The first-order valence-corrected chi connectivity index (χ1v) is 10.3. The van der Waals surface area contributed by atoms with E-state index < -0.39 is 0 Å². The highest BCUT2D eigenvalue weighted by molar-refractivity contribution is 5.98. The van der Waals surface area contributed by atoms with Gasteiger partial charge < -0.3 is 19.8 Å². The second-order valence-electron chi connectivity index (χ2n) is 8.34. The van der Waals surface area contributed by atoms with Gasteiger partial charge >= 0.3 is 0 Å². The lowest BCUT2D eigenvalue weighted by molar-refractivity contribution is 0.0709. The molecule has 1 atom stereocenters. The number of rotatable bonds is 4. The van der Waals surface area contributed by atoms with E-state index in [0.717, 1.165) is 54.4 Å². The van der Waals surface area contributed by atoms with Crippen molar-refractivity contribution >= 4 is 277 Å². The van der Waals surface area contributed by atoms with E-state index in [1.807, 2.05) is 30.1 Å². The van der Waals surface area contributed by atoms with Crippen LogP contribution in [0, 0.1) is 5.92 Å². The van der Waals surface area contributed by atoms with Gasteiger partial charge in [0.05, 0.1) is 16.7 Å². The molecule has 49 heavy (non-hydrogen) atoms. The fraction of sp³-hybridized carbons (Fsp3) is 0.455. The van der Waals surface area contributed by atoms with E-state index in [1.165, 1.54) is 12.8 Å². The van der Waals surface area contributed by atoms with Crippen molar-refractivity contribution in [2.45, 2.75) is 38.3 Å². The molecular formula is C22H48Cl21N5O. The number of benzene rings is 1. The first-order chi connectivity index (χ1) is 13.6. The summed E-state index contributed by atoms with van der Waals surface area (Å²) in [7, 11) is 2.05. The average molecular weight is 1140 g/mol. The molecule has 2 N–H and O–H groups in total. The molecule has 1 aromatic carbocycles. The zero-order valence-corrected chi connectivity index (χ0v) is 42.1. The molecule has 314 valence electrons. The predicted molar refractivity (Wildman–Crippen MR) is 262 cm³/mol. The second kappa shape index (κ2) is 51.5. The Morgan fingerprint density at radius 3 is 1.67 bits per heavy atom. The Kier molecular flexibility index (Phi) is 116. The third-order valence-corrected chi connectivity index (χ3v) is 6.08. The summed E-state index contributed by atoms with van der Waals surface area (Å²) in [6.45, 7) is 2.48. The molecule has 3 heterocycles. The van der Waals surface area contributed by atoms with Crippen LogP contribution in [0.2, 0.25) is 0 Å². The second-order valence-corrected chi connectivity index (χ2v) is 8.34. The predicted octanol–water partition coefficient (Wildman–Crippen LogP) is 11.9. The van der Waals surface area contributed by atoms with Gasteiger partial charge in [-0.25, -0.2) is 4.98 Å². The minimum atomic E-state index is 0. The summed E-state index contributed by atoms with van der Waals surface area (Å²) in [6.07, 6.45) is 6.76. The van der Waals surface area contributed by atoms with Gasteiger partial charge in [-0.1, -0.05) is 0 Å². The number of hydrogen-bond donors (Lipinski definition) is 1. The summed E-state index contributed by atoms with van der Waals surface area (Å²) < 4.78 is 4.43. The lowest BCUT2D eigenvalue weighted by Gasteiger charge is -2.30. The molecule has 0 spiro atoms. The monoisotopic (exact) mass is 1130 g/mol. The maximum atomic E-state index is 12.9. The van der Waals surface area contributed by atoms with Crippen LogP contribution in [0.3, 0.4) is 0 Å². The summed E-state index contributed by atoms with van der Waals surface area (Å²) in [5.74, 6) is 1.81. The quantitative estimate of drug-likeness (QED) is 0.283. The third kappa shape index (κ3) is 27.7. The molecule has 5 rings (SSSR count). The van der Waals surface area contributed by atoms with Gasteiger partial charge in [-0.05, 0) is 61.9 Å². The lowest BCUT2D eigenvalue weighted by Crippen LogP contribution is -2.45. The molecule has 2 aliphatic rings. The first kappa shape index (κ1) is 110. The molecule has 0 radical (unpaired) electrons. The molecule has 0 unspecified atom stereocenters. The van der Waals surface area contributed by atoms with Crippen molar-refractivity contribution in [3.63, 3.8) is 0 Å². The molecular weight excluding hydrogens is 1090 g/mol. The zero-order valence-electron chi connectivity index (χ0n) is 24.9. The maximum absolute atomic E-state index is 12.9. The smallest absolute Gasteiger partial charge is 0.253 e. The molecule has 2 fully saturated rings. The third-order valence-electron chi connectivity index (χ3n) is 6.08. The fourth-order valence-corrected chi connectivity index (χ4v) is 4.29. The number of halogens is 21. The molecule has 1 saturated heterocycles. The normalized spacial score (nSPS) is 11.5. The number of nitrogens with zero attached hydrogens (tertiary/aromatic N) is 4. The number of fused-ring (bicyclic) bond motifs is 1. The Morgan fingerprint density at radius 1 is 0.735 bits per heavy atom. The van der Waals surface area contributed by atoms with Crippen LogP contribution in [0.25, 0.3) is 22.6 Å². The number of hydrogen-bond acceptors (Lipinski definition) is 3. The SMILES string of the molecule is Cl.Cl.Cl.Cl.Cl.Cl.Cl.Cl.Cl.Cl.Cl.Cl.Cl.Cl.Cl.Cl.Cl.Cl.Cl.Cl.Cl.Cn1c(-c2cccn2CC2CC2)nc2cc(C(=O)N3CCC[C@@H](N)C3)ccc21. The van der Waals surface area contributed by atoms with Crippen LogP contribution in [-0.2, 0) is 13.6 Å². The van der Waals surface area contributed by atoms with Gasteiger partial charge in [0, 0.05) is 44.5 Å². The van der Waals surface area contributed by atoms with E-state index in [4.69, 9.17) is 10.7 Å². The molecule has 1 aliphatic carbocycles. The van der Waals surface area contributed by atoms with E-state index in [0.29, 0.717) is 12.1 Å². The highest BCUT2D eigenvalue weighted by atomic mass is 35.5. The van der Waals surface area contributed by atoms with Crippen LogP contribution >= 0.6 is 261 Å². The van der Waals surface area contributed by atoms with E-state index in [2.05, 4.69) is 27.5 Å². The number of aromatic nitrogens is 3. The summed E-state index contributed by atoms with van der Waals surface area (Å²) >= 11 is 0. The van der Waals surface area contributed by atoms with Gasteiger partial charge in [0.25, 0.3) is 5.91 Å². The van der Waals surface area contributed by atoms with Crippen molar-refractivity contribution in [2.24, 2.45) is 18.7 Å². The van der Waals surface area contributed by atoms with Gasteiger partial charge in [-0.15, -0.1) is 261 Å². The van der Waals surface area contributed by atoms with Gasteiger partial charge in [-0.2, -0.15) is 0 Å². The van der Waals surface area contributed by atoms with Crippen LogP contribution < -0.4 is 5.73 Å². The molecule has 2 aromatic heterocycles. The maximum Gasteiger partial charge on any atom is 0.253 e. The van der Waals surface area contributed by atoms with E-state index >= 15 is 0 Å². The zero-order chi connectivity index (χ0) is 19.3. The minimum Gasteiger partial charge on any atom is -0.345 e. The highest BCUT2D eigenvalue weighted by Crippen LogP contribution is 2.33. The lowest BCUT2D eigenvalue weighted by atomic mass is 10.1. The van der Waals surface area contributed by atoms with Gasteiger partial charge in [0.2, 0.25) is 0 Å². The summed E-state index contributed by atoms with van der Waals surface area (Å²) in [4.78, 5) is 19.7. The molecule has 1 saturated carbocycles. The summed E-state index contributed by atoms with van der Waals surface area (Å²) in [5, 5.41) is 0. The van der Waals surface area contributed by atoms with Crippen LogP contribution in [0.5, 0.6) is 0 Å². The molecule has 1 amide bonds. The Morgan fingerprint density at radius 2 is 1.22 bits per heavy atom. The number of aryl methyl sites for hydroxylation is 1. The Hall–Kier alpha value is 3.49. The Bertz CT molecular complexity index is 1080. The largest absolute Gasteiger partial charge is 0.345 e. The number of carbonyl (C=O) groups excluding carboxylic acids is 1. The molecule has 27 heteroatoms. The van der Waals surface area contributed by atoms with E-state index in [9.17, 15) is 4.79 Å². The first-order valence-electron chi connectivity index (χ1n) is 10.3. The number of amides is 1. The van der Waals surface area contributed by atoms with Crippen LogP contribution in [0.15, 0.2) is 36.5 Å². The standard InChI is InChI=1S/C22H27N5O.21ClH/c1-25-19-9-8-16(22(28)27-11-2-4-17(23)14-27)12-18(19)24-21(25)20-5-3-10-26(20)13-15-6-7-15;;;;;;;;;;;;;;;;;;;;;/h3,5,8-10,12,15,17H,2,4,6-7,11,13-14,23H2,1H3;21*1H/t17-;;;;;;;;;;;;;;;;;;;;;/m1...................../s1. The Labute approximate surface area is 420 Å². The number of carbonyl (C=O) groups is 1. The van der Waals surface area contributed by atoms with Crippen molar-refractivity contribution in [1.29, 1.82) is 0 Å². The van der Waals surface area contributed by atoms with Crippen molar-refractivity contribution in [1.82, 2.24) is 19.0 Å². The minimum absolute atomic E-state index is 0. The highest BCUT2D eigenvalue weighted by Gasteiger charge is 2.25. The summed E-state index contributed by atoms with van der Waals surface area (Å²) in [5.41, 5.74) is 9.79. The average Bonchev–Trinajstić information content (AvgIpc) is 3.30. The van der Waals surface area contributed by atoms with Crippen molar-refractivity contribution in [3.05, 3.63) is 42.1 Å². The number of nitrogens with two attached hydrogens (primary N) is 1. The van der Waals surface area contributed by atoms with Crippen LogP contribution in [-0.4, -0.2) is 44.1 Å². The van der Waals surface area contributed by atoms with Gasteiger partial charge in [0.1, 0.15) is 0 Å². The molecule has 0 bridgehead atoms. The van der Waals surface area contributed by atoms with Crippen molar-refractivity contribution < 1.29 is 4.79 Å². The van der Waals surface area contributed by atoms with E-state index in [1.54, 1.807) is 0 Å². The fourth-order valence-electron chi connectivity index (χ4n) is 4.29. The van der Waals surface area contributed by atoms with Crippen molar-refractivity contribution in [3.8, 4) is 11.5 Å². The van der Waals surface area contributed by atoms with Crippen LogP contribution in [0.1, 0.15) is 36.0 Å². The van der Waals surface area contributed by atoms with Gasteiger partial charge in [-0.3, -0.25) is 4.79 Å².